The van der Waals surface area contributed by atoms with Crippen molar-refractivity contribution in [1.29, 1.82) is 0 Å². The zero-order valence-corrected chi connectivity index (χ0v) is 12.1. The number of pyridine rings is 1. The van der Waals surface area contributed by atoms with Gasteiger partial charge in [0.2, 0.25) is 0 Å². The van der Waals surface area contributed by atoms with Crippen LogP contribution in [0.3, 0.4) is 0 Å². The van der Waals surface area contributed by atoms with E-state index in [0.29, 0.717) is 30.9 Å². The zero-order chi connectivity index (χ0) is 15.5. The van der Waals surface area contributed by atoms with Crippen LogP contribution < -0.4 is 0 Å². The summed E-state index contributed by atoms with van der Waals surface area (Å²) in [5.41, 5.74) is 0.538. The molecule has 112 valence electrons. The summed E-state index contributed by atoms with van der Waals surface area (Å²) in [5, 5.41) is 8.72. The second-order valence-corrected chi connectivity index (χ2v) is 5.46. The Kier molecular flexibility index (Phi) is 4.37. The number of hydrogen-bond donors (Lipinski definition) is 1. The maximum atomic E-state index is 12.7. The zero-order valence-electron chi connectivity index (χ0n) is 12.1. The molecule has 1 aromatic heterocycles. The molecule has 0 bridgehead atoms. The predicted octanol–water partition coefficient (Wildman–Crippen LogP) is 1.43. The van der Waals surface area contributed by atoms with Gasteiger partial charge in [-0.1, -0.05) is 0 Å². The predicted molar refractivity (Wildman–Crippen MR) is 76.8 cm³/mol. The van der Waals surface area contributed by atoms with Gasteiger partial charge >= 0.3 is 5.97 Å². The summed E-state index contributed by atoms with van der Waals surface area (Å²) >= 11 is 0. The molecule has 1 aliphatic heterocycles. The maximum absolute atomic E-state index is 12.7. The van der Waals surface area contributed by atoms with Crippen molar-refractivity contribution in [3.63, 3.8) is 0 Å². The van der Waals surface area contributed by atoms with E-state index in [9.17, 15) is 9.59 Å². The van der Waals surface area contributed by atoms with E-state index in [-0.39, 0.29) is 5.91 Å². The van der Waals surface area contributed by atoms with E-state index in [0.717, 1.165) is 6.08 Å². The van der Waals surface area contributed by atoms with Crippen molar-refractivity contribution in [3.8, 4) is 0 Å². The molecule has 1 saturated heterocycles. The van der Waals surface area contributed by atoms with Gasteiger partial charge in [0.15, 0.2) is 0 Å². The van der Waals surface area contributed by atoms with Crippen LogP contribution in [0.25, 0.3) is 6.08 Å². The lowest BCUT2D eigenvalue weighted by Crippen LogP contribution is -2.55. The highest BCUT2D eigenvalue weighted by Gasteiger charge is 2.35. The number of aliphatic carboxylic acids is 1. The molecule has 2 rings (SSSR count). The van der Waals surface area contributed by atoms with E-state index in [2.05, 4.69) is 4.98 Å². The van der Waals surface area contributed by atoms with Gasteiger partial charge in [-0.3, -0.25) is 9.78 Å². The summed E-state index contributed by atoms with van der Waals surface area (Å²) < 4.78 is 5.41. The summed E-state index contributed by atoms with van der Waals surface area (Å²) in [4.78, 5) is 29.1. The van der Waals surface area contributed by atoms with Gasteiger partial charge < -0.3 is 14.7 Å². The average Bonchev–Trinajstić information content (AvgIpc) is 2.44. The average molecular weight is 290 g/mol. The Morgan fingerprint density at radius 1 is 1.48 bits per heavy atom. The fraction of sp³-hybridized carbons (Fsp3) is 0.400. The summed E-state index contributed by atoms with van der Waals surface area (Å²) in [6.45, 7) is 5.37. The molecule has 21 heavy (non-hydrogen) atoms. The standard InChI is InChI=1S/C15H18N2O4/c1-15(2)10-21-8-7-17(15)14(20)12-5-6-16-9-11(12)3-4-13(18)19/h3-6,9H,7-8,10H2,1-2H3,(H,18,19). The van der Waals surface area contributed by atoms with Crippen molar-refractivity contribution in [2.24, 2.45) is 0 Å². The van der Waals surface area contributed by atoms with Crippen molar-refractivity contribution in [2.75, 3.05) is 19.8 Å². The molecule has 0 atom stereocenters. The highest BCUT2D eigenvalue weighted by molar-refractivity contribution is 5.99. The van der Waals surface area contributed by atoms with Gasteiger partial charge in [0, 0.05) is 36.1 Å². The lowest BCUT2D eigenvalue weighted by Gasteiger charge is -2.42. The minimum Gasteiger partial charge on any atom is -0.478 e. The van der Waals surface area contributed by atoms with Crippen LogP contribution in [0.2, 0.25) is 0 Å². The molecule has 0 aromatic carbocycles. The number of ether oxygens (including phenoxy) is 1. The Morgan fingerprint density at radius 3 is 2.90 bits per heavy atom. The van der Waals surface area contributed by atoms with Gasteiger partial charge in [0.05, 0.1) is 18.8 Å². The van der Waals surface area contributed by atoms with E-state index < -0.39 is 11.5 Å². The number of morpholine rings is 1. The fourth-order valence-electron chi connectivity index (χ4n) is 2.28. The van der Waals surface area contributed by atoms with Gasteiger partial charge in [-0.25, -0.2) is 4.79 Å². The monoisotopic (exact) mass is 290 g/mol. The number of aromatic nitrogens is 1. The van der Waals surface area contributed by atoms with Crippen LogP contribution in [0.5, 0.6) is 0 Å². The molecule has 1 N–H and O–H groups in total. The molecule has 0 spiro atoms. The second-order valence-electron chi connectivity index (χ2n) is 5.46. The number of carboxylic acid groups (broad SMARTS) is 1. The van der Waals surface area contributed by atoms with Gasteiger partial charge in [-0.05, 0) is 26.0 Å². The normalized spacial score (nSPS) is 17.9. The fourth-order valence-corrected chi connectivity index (χ4v) is 2.28. The molecule has 0 aliphatic carbocycles. The molecule has 1 amide bonds. The van der Waals surface area contributed by atoms with E-state index in [4.69, 9.17) is 9.84 Å². The Bertz CT molecular complexity index is 581. The van der Waals surface area contributed by atoms with E-state index in [1.807, 2.05) is 13.8 Å². The first-order valence-corrected chi connectivity index (χ1v) is 6.66. The van der Waals surface area contributed by atoms with Crippen molar-refractivity contribution in [1.82, 2.24) is 9.88 Å². The third-order valence-corrected chi connectivity index (χ3v) is 3.38. The maximum Gasteiger partial charge on any atom is 0.328 e. The van der Waals surface area contributed by atoms with Crippen LogP contribution in [0, 0.1) is 0 Å². The molecule has 1 aromatic rings. The molecule has 1 fully saturated rings. The number of carbonyl (C=O) groups is 2. The lowest BCUT2D eigenvalue weighted by atomic mass is 9.99. The van der Waals surface area contributed by atoms with Gasteiger partial charge in [0.1, 0.15) is 0 Å². The highest BCUT2D eigenvalue weighted by Crippen LogP contribution is 2.23. The van der Waals surface area contributed by atoms with Gasteiger partial charge in [-0.15, -0.1) is 0 Å². The Balaban J connectivity index is 2.33. The van der Waals surface area contributed by atoms with E-state index in [1.54, 1.807) is 11.0 Å². The number of amides is 1. The second kappa shape index (κ2) is 6.05. The highest BCUT2D eigenvalue weighted by atomic mass is 16.5. The first-order chi connectivity index (χ1) is 9.92. The van der Waals surface area contributed by atoms with E-state index >= 15 is 0 Å². The van der Waals surface area contributed by atoms with Crippen molar-refractivity contribution >= 4 is 18.0 Å². The first kappa shape index (κ1) is 15.2. The van der Waals surface area contributed by atoms with Crippen molar-refractivity contribution in [2.45, 2.75) is 19.4 Å². The minimum atomic E-state index is -1.07. The third-order valence-electron chi connectivity index (χ3n) is 3.38. The minimum absolute atomic E-state index is 0.143. The van der Waals surface area contributed by atoms with Crippen molar-refractivity contribution in [3.05, 3.63) is 35.7 Å². The van der Waals surface area contributed by atoms with Gasteiger partial charge in [0.25, 0.3) is 5.91 Å². The van der Waals surface area contributed by atoms with Gasteiger partial charge in [-0.2, -0.15) is 0 Å². The van der Waals surface area contributed by atoms with Crippen LogP contribution in [0.1, 0.15) is 29.8 Å². The molecule has 0 unspecified atom stereocenters. The summed E-state index contributed by atoms with van der Waals surface area (Å²) in [6, 6.07) is 1.61. The van der Waals surface area contributed by atoms with Crippen LogP contribution in [-0.4, -0.2) is 52.2 Å². The Hall–Kier alpha value is -2.21. The lowest BCUT2D eigenvalue weighted by molar-refractivity contribution is -0.131. The molecule has 0 radical (unpaired) electrons. The first-order valence-electron chi connectivity index (χ1n) is 6.66. The molecule has 1 aliphatic rings. The summed E-state index contributed by atoms with van der Waals surface area (Å²) in [5.74, 6) is -1.21. The number of hydrogen-bond acceptors (Lipinski definition) is 4. The molecule has 2 heterocycles. The van der Waals surface area contributed by atoms with Crippen LogP contribution in [0.4, 0.5) is 0 Å². The SMILES string of the molecule is CC1(C)COCCN1C(=O)c1ccncc1C=CC(=O)O. The number of carboxylic acids is 1. The van der Waals surface area contributed by atoms with Crippen LogP contribution in [-0.2, 0) is 9.53 Å². The van der Waals surface area contributed by atoms with Crippen LogP contribution >= 0.6 is 0 Å². The summed E-state index contributed by atoms with van der Waals surface area (Å²) in [7, 11) is 0. The third kappa shape index (κ3) is 3.46. The summed E-state index contributed by atoms with van der Waals surface area (Å²) in [6.07, 6.45) is 5.40. The Labute approximate surface area is 123 Å². The van der Waals surface area contributed by atoms with E-state index in [1.165, 1.54) is 18.5 Å². The number of carbonyl (C=O) groups excluding carboxylic acids is 1. The number of nitrogens with zero attached hydrogens (tertiary/aromatic N) is 2. The molecule has 6 nitrogen and oxygen atoms in total. The largest absolute Gasteiger partial charge is 0.478 e. The quantitative estimate of drug-likeness (QED) is 0.852. The van der Waals surface area contributed by atoms with Crippen LogP contribution in [0.15, 0.2) is 24.5 Å². The topological polar surface area (TPSA) is 79.7 Å². The number of rotatable bonds is 3. The Morgan fingerprint density at radius 2 is 2.24 bits per heavy atom. The molecular formula is C15H18N2O4. The molecule has 6 heteroatoms. The smallest absolute Gasteiger partial charge is 0.328 e. The molecular weight excluding hydrogens is 272 g/mol. The molecule has 0 saturated carbocycles. The van der Waals surface area contributed by atoms with Crippen molar-refractivity contribution < 1.29 is 19.4 Å².